The Hall–Kier alpha value is -1.56. The molecule has 2 rings (SSSR count). The molecular formula is C16H25N3O2S. The highest BCUT2D eigenvalue weighted by atomic mass is 32.1. The zero-order valence-corrected chi connectivity index (χ0v) is 14.3. The van der Waals surface area contributed by atoms with Gasteiger partial charge in [-0.25, -0.2) is 4.79 Å². The van der Waals surface area contributed by atoms with Crippen molar-refractivity contribution in [2.75, 3.05) is 13.1 Å². The number of carbonyl (C=O) groups excluding carboxylic acids is 2. The maximum absolute atomic E-state index is 12.2. The van der Waals surface area contributed by atoms with Gasteiger partial charge in [-0.05, 0) is 36.3 Å². The molecule has 0 saturated heterocycles. The van der Waals surface area contributed by atoms with E-state index < -0.39 is 0 Å². The molecule has 122 valence electrons. The van der Waals surface area contributed by atoms with E-state index in [1.807, 2.05) is 11.8 Å². The molecule has 5 nitrogen and oxygen atoms in total. The molecule has 0 fully saturated rings. The third-order valence-corrected chi connectivity index (χ3v) is 5.17. The molecule has 1 aliphatic heterocycles. The van der Waals surface area contributed by atoms with Gasteiger partial charge in [-0.2, -0.15) is 0 Å². The number of hydrogen-bond acceptors (Lipinski definition) is 3. The minimum atomic E-state index is -0.201. The number of rotatable bonds is 5. The first-order valence-corrected chi connectivity index (χ1v) is 8.72. The SMILES string of the molecule is CC(C)[C@@H](C)NC(=O)NCCC(=O)N1CCc2sccc2C1. The van der Waals surface area contributed by atoms with Gasteiger partial charge in [0.25, 0.3) is 0 Å². The summed E-state index contributed by atoms with van der Waals surface area (Å²) in [6.45, 7) is 7.95. The van der Waals surface area contributed by atoms with Crippen LogP contribution in [0.1, 0.15) is 37.6 Å². The topological polar surface area (TPSA) is 61.4 Å². The minimum Gasteiger partial charge on any atom is -0.338 e. The van der Waals surface area contributed by atoms with Crippen molar-refractivity contribution in [2.24, 2.45) is 5.92 Å². The number of thiophene rings is 1. The van der Waals surface area contributed by atoms with Gasteiger partial charge >= 0.3 is 6.03 Å². The molecule has 1 aliphatic rings. The Morgan fingerprint density at radius 2 is 2.14 bits per heavy atom. The van der Waals surface area contributed by atoms with Crippen LogP contribution in [0.3, 0.4) is 0 Å². The van der Waals surface area contributed by atoms with E-state index in [2.05, 4.69) is 35.9 Å². The van der Waals surface area contributed by atoms with Crippen molar-refractivity contribution in [1.82, 2.24) is 15.5 Å². The highest BCUT2D eigenvalue weighted by molar-refractivity contribution is 7.10. The van der Waals surface area contributed by atoms with Crippen molar-refractivity contribution in [2.45, 2.75) is 46.2 Å². The average Bonchev–Trinajstić information content (AvgIpc) is 2.94. The first kappa shape index (κ1) is 16.8. The Morgan fingerprint density at radius 3 is 2.86 bits per heavy atom. The Balaban J connectivity index is 1.69. The first-order chi connectivity index (χ1) is 10.5. The molecule has 0 unspecified atom stereocenters. The largest absolute Gasteiger partial charge is 0.338 e. The zero-order chi connectivity index (χ0) is 16.1. The van der Waals surface area contributed by atoms with Gasteiger partial charge in [0.05, 0.1) is 0 Å². The second kappa shape index (κ2) is 7.63. The van der Waals surface area contributed by atoms with Crippen LogP contribution in [0.2, 0.25) is 0 Å². The molecule has 0 spiro atoms. The van der Waals surface area contributed by atoms with Crippen LogP contribution in [0.15, 0.2) is 11.4 Å². The smallest absolute Gasteiger partial charge is 0.315 e. The normalized spacial score (nSPS) is 15.4. The molecule has 1 aromatic rings. The van der Waals surface area contributed by atoms with Crippen LogP contribution in [0.25, 0.3) is 0 Å². The van der Waals surface area contributed by atoms with Crippen LogP contribution in [0.5, 0.6) is 0 Å². The molecule has 0 aromatic carbocycles. The molecule has 0 aliphatic carbocycles. The lowest BCUT2D eigenvalue weighted by Crippen LogP contribution is -2.44. The predicted octanol–water partition coefficient (Wildman–Crippen LogP) is 2.37. The van der Waals surface area contributed by atoms with Crippen LogP contribution < -0.4 is 10.6 Å². The lowest BCUT2D eigenvalue weighted by molar-refractivity contribution is -0.131. The fourth-order valence-corrected chi connectivity index (χ4v) is 3.22. The summed E-state index contributed by atoms with van der Waals surface area (Å²) < 4.78 is 0. The van der Waals surface area contributed by atoms with Crippen molar-refractivity contribution in [3.63, 3.8) is 0 Å². The van der Waals surface area contributed by atoms with Gasteiger partial charge in [-0.15, -0.1) is 11.3 Å². The van der Waals surface area contributed by atoms with Crippen LogP contribution in [0, 0.1) is 5.92 Å². The molecule has 0 bridgehead atoms. The second-order valence-electron chi connectivity index (χ2n) is 6.12. The van der Waals surface area contributed by atoms with Gasteiger partial charge in [0.1, 0.15) is 0 Å². The van der Waals surface area contributed by atoms with Crippen molar-refractivity contribution in [3.8, 4) is 0 Å². The van der Waals surface area contributed by atoms with E-state index in [-0.39, 0.29) is 18.0 Å². The van der Waals surface area contributed by atoms with Crippen LogP contribution in [0.4, 0.5) is 4.79 Å². The Bertz CT molecular complexity index is 527. The second-order valence-corrected chi connectivity index (χ2v) is 7.12. The third-order valence-electron chi connectivity index (χ3n) is 4.14. The number of nitrogens with one attached hydrogen (secondary N) is 2. The Morgan fingerprint density at radius 1 is 1.36 bits per heavy atom. The molecule has 1 aromatic heterocycles. The molecular weight excluding hydrogens is 298 g/mol. The van der Waals surface area contributed by atoms with Gasteiger partial charge < -0.3 is 15.5 Å². The van der Waals surface area contributed by atoms with Gasteiger partial charge in [-0.3, -0.25) is 4.79 Å². The van der Waals surface area contributed by atoms with Gasteiger partial charge in [0.2, 0.25) is 5.91 Å². The average molecular weight is 323 g/mol. The molecule has 2 heterocycles. The number of urea groups is 1. The minimum absolute atomic E-state index is 0.106. The maximum atomic E-state index is 12.2. The summed E-state index contributed by atoms with van der Waals surface area (Å²) in [6, 6.07) is 2.01. The van der Waals surface area contributed by atoms with Gasteiger partial charge in [-0.1, -0.05) is 13.8 Å². The lowest BCUT2D eigenvalue weighted by atomic mass is 10.1. The van der Waals surface area contributed by atoms with Crippen molar-refractivity contribution < 1.29 is 9.59 Å². The number of amides is 3. The summed E-state index contributed by atoms with van der Waals surface area (Å²) in [4.78, 5) is 27.2. The number of carbonyl (C=O) groups is 2. The maximum Gasteiger partial charge on any atom is 0.315 e. The molecule has 0 radical (unpaired) electrons. The quantitative estimate of drug-likeness (QED) is 0.874. The summed E-state index contributed by atoms with van der Waals surface area (Å²) in [7, 11) is 0. The fourth-order valence-electron chi connectivity index (χ4n) is 2.33. The van der Waals surface area contributed by atoms with Crippen LogP contribution in [-0.4, -0.2) is 36.0 Å². The van der Waals surface area contributed by atoms with E-state index in [1.165, 1.54) is 10.4 Å². The van der Waals surface area contributed by atoms with E-state index in [9.17, 15) is 9.59 Å². The monoisotopic (exact) mass is 323 g/mol. The third kappa shape index (κ3) is 4.47. The van der Waals surface area contributed by atoms with E-state index in [0.717, 1.165) is 13.0 Å². The van der Waals surface area contributed by atoms with Crippen molar-refractivity contribution >= 4 is 23.3 Å². The summed E-state index contributed by atoms with van der Waals surface area (Å²) in [6.07, 6.45) is 1.29. The lowest BCUT2D eigenvalue weighted by Gasteiger charge is -2.27. The number of fused-ring (bicyclic) bond motifs is 1. The molecule has 3 amide bonds. The van der Waals surface area contributed by atoms with E-state index in [0.29, 0.717) is 25.4 Å². The molecule has 6 heteroatoms. The van der Waals surface area contributed by atoms with Crippen molar-refractivity contribution in [3.05, 3.63) is 21.9 Å². The predicted molar refractivity (Wildman–Crippen MR) is 88.9 cm³/mol. The number of hydrogen-bond donors (Lipinski definition) is 2. The fraction of sp³-hybridized carbons (Fsp3) is 0.625. The highest BCUT2D eigenvalue weighted by Crippen LogP contribution is 2.24. The Labute approximate surface area is 136 Å². The van der Waals surface area contributed by atoms with Crippen molar-refractivity contribution in [1.29, 1.82) is 0 Å². The highest BCUT2D eigenvalue weighted by Gasteiger charge is 2.21. The summed E-state index contributed by atoms with van der Waals surface area (Å²) >= 11 is 1.77. The van der Waals surface area contributed by atoms with Crippen LogP contribution >= 0.6 is 11.3 Å². The molecule has 2 N–H and O–H groups in total. The van der Waals surface area contributed by atoms with Gasteiger partial charge in [0, 0.05) is 37.0 Å². The first-order valence-electron chi connectivity index (χ1n) is 7.84. The van der Waals surface area contributed by atoms with Gasteiger partial charge in [0.15, 0.2) is 0 Å². The number of nitrogens with zero attached hydrogens (tertiary/aromatic N) is 1. The molecule has 1 atom stereocenters. The summed E-state index contributed by atoms with van der Waals surface area (Å²) in [5, 5.41) is 7.71. The molecule has 22 heavy (non-hydrogen) atoms. The van der Waals surface area contributed by atoms with E-state index >= 15 is 0 Å². The standard InChI is InChI=1S/C16H25N3O2S/c1-11(2)12(3)18-16(21)17-7-4-15(20)19-8-5-14-13(10-19)6-9-22-14/h6,9,11-12H,4-5,7-8,10H2,1-3H3,(H2,17,18,21)/t12-/m1/s1. The van der Waals surface area contributed by atoms with Crippen LogP contribution in [-0.2, 0) is 17.8 Å². The summed E-state index contributed by atoms with van der Waals surface area (Å²) in [5.74, 6) is 0.495. The van der Waals surface area contributed by atoms with E-state index in [1.54, 1.807) is 11.3 Å². The Kier molecular flexibility index (Phi) is 5.83. The molecule has 0 saturated carbocycles. The zero-order valence-electron chi connectivity index (χ0n) is 13.5. The van der Waals surface area contributed by atoms with E-state index in [4.69, 9.17) is 0 Å². The summed E-state index contributed by atoms with van der Waals surface area (Å²) in [5.41, 5.74) is 1.26.